The molecule has 2 amide bonds. The number of rotatable bonds is 6. The van der Waals surface area contributed by atoms with Gasteiger partial charge in [-0.2, -0.15) is 0 Å². The number of carbonyl (C=O) groups is 2. The Morgan fingerprint density at radius 1 is 1.31 bits per heavy atom. The third-order valence-electron chi connectivity index (χ3n) is 4.87. The highest BCUT2D eigenvalue weighted by Crippen LogP contribution is 2.21. The van der Waals surface area contributed by atoms with Crippen molar-refractivity contribution in [1.82, 2.24) is 15.0 Å². The first kappa shape index (κ1) is 18.8. The van der Waals surface area contributed by atoms with Crippen molar-refractivity contribution in [3.8, 4) is 0 Å². The Hall–Kier alpha value is -1.93. The summed E-state index contributed by atoms with van der Waals surface area (Å²) < 4.78 is 10.7. The fourth-order valence-corrected chi connectivity index (χ4v) is 3.66. The molecule has 0 aromatic carbocycles. The van der Waals surface area contributed by atoms with Crippen molar-refractivity contribution in [2.45, 2.75) is 39.2 Å². The van der Waals surface area contributed by atoms with Crippen LogP contribution in [0.15, 0.2) is 10.6 Å². The van der Waals surface area contributed by atoms with Crippen molar-refractivity contribution >= 4 is 17.6 Å². The van der Waals surface area contributed by atoms with Crippen molar-refractivity contribution in [2.24, 2.45) is 5.92 Å². The van der Waals surface area contributed by atoms with Crippen LogP contribution in [0.1, 0.15) is 31.9 Å². The number of fused-ring (bicyclic) bond motifs is 3. The van der Waals surface area contributed by atoms with Crippen molar-refractivity contribution < 1.29 is 18.8 Å². The van der Waals surface area contributed by atoms with Crippen molar-refractivity contribution in [2.75, 3.05) is 44.7 Å². The first-order valence-electron chi connectivity index (χ1n) is 9.38. The number of hydrogen-bond donors (Lipinski definition) is 1. The maximum absolute atomic E-state index is 12.6. The Bertz CT molecular complexity index is 632. The number of amides is 2. The number of hydrogen-bond acceptors (Lipinski definition) is 6. The molecule has 2 aliphatic heterocycles. The number of carbonyl (C=O) groups excluding carboxylic acids is 2. The summed E-state index contributed by atoms with van der Waals surface area (Å²) in [5.74, 6) is 1.40. The molecule has 26 heavy (non-hydrogen) atoms. The number of nitrogens with one attached hydrogen (secondary N) is 1. The second-order valence-corrected chi connectivity index (χ2v) is 7.27. The van der Waals surface area contributed by atoms with Gasteiger partial charge in [-0.05, 0) is 13.3 Å². The van der Waals surface area contributed by atoms with E-state index in [2.05, 4.69) is 22.3 Å². The number of unbranched alkanes of at least 4 members (excludes halogenated alkanes) is 1. The lowest BCUT2D eigenvalue weighted by Gasteiger charge is -2.31. The van der Waals surface area contributed by atoms with Crippen LogP contribution in [0.5, 0.6) is 0 Å². The van der Waals surface area contributed by atoms with Gasteiger partial charge in [-0.15, -0.1) is 0 Å². The average Bonchev–Trinajstić information content (AvgIpc) is 2.79. The van der Waals surface area contributed by atoms with E-state index in [4.69, 9.17) is 9.26 Å². The maximum atomic E-state index is 12.6. The van der Waals surface area contributed by atoms with E-state index < -0.39 is 0 Å². The Balaban J connectivity index is 1.60. The molecule has 0 spiro atoms. The molecule has 0 aliphatic carbocycles. The molecule has 2 aliphatic rings. The normalized spacial score (nSPS) is 23.5. The predicted molar refractivity (Wildman–Crippen MR) is 95.6 cm³/mol. The molecule has 1 aromatic rings. The molecule has 0 radical (unpaired) electrons. The maximum Gasteiger partial charge on any atom is 0.239 e. The lowest BCUT2D eigenvalue weighted by Crippen LogP contribution is -2.47. The van der Waals surface area contributed by atoms with Gasteiger partial charge in [0.05, 0.1) is 25.8 Å². The highest BCUT2D eigenvalue weighted by molar-refractivity contribution is 5.91. The third-order valence-corrected chi connectivity index (χ3v) is 4.87. The number of nitrogens with zero attached hydrogens (tertiary/aromatic N) is 3. The highest BCUT2D eigenvalue weighted by Gasteiger charge is 2.35. The SMILES string of the molecule is CCCCC(=O)N1C[C@H]2COC[C@@H]1CN(CC(=O)Nc1cc(C)on1)C2. The summed E-state index contributed by atoms with van der Waals surface area (Å²) in [6.45, 7) is 7.43. The fourth-order valence-electron chi connectivity index (χ4n) is 3.66. The van der Waals surface area contributed by atoms with Crippen LogP contribution in [-0.4, -0.2) is 72.2 Å². The van der Waals surface area contributed by atoms with Crippen LogP contribution in [0, 0.1) is 12.8 Å². The number of aromatic nitrogens is 1. The van der Waals surface area contributed by atoms with Gasteiger partial charge in [0.15, 0.2) is 5.82 Å². The molecule has 2 fully saturated rings. The molecule has 0 unspecified atom stereocenters. The minimum atomic E-state index is -0.122. The molecular weight excluding hydrogens is 336 g/mol. The quantitative estimate of drug-likeness (QED) is 0.818. The molecule has 3 heterocycles. The van der Waals surface area contributed by atoms with Gasteiger partial charge in [-0.1, -0.05) is 18.5 Å². The van der Waals surface area contributed by atoms with Gasteiger partial charge in [-0.3, -0.25) is 14.5 Å². The standard InChI is InChI=1S/C18H28N4O4/c1-3-4-5-18(24)22-8-14-7-21(9-15(22)12-25-11-14)10-17(23)19-16-6-13(2)26-20-16/h6,14-15H,3-5,7-12H2,1-2H3,(H,19,20,23)/t14-,15-/m0/s1. The van der Waals surface area contributed by atoms with Crippen LogP contribution >= 0.6 is 0 Å². The number of anilines is 1. The van der Waals surface area contributed by atoms with E-state index in [1.165, 1.54) is 0 Å². The van der Waals surface area contributed by atoms with E-state index in [1.54, 1.807) is 13.0 Å². The van der Waals surface area contributed by atoms with Crippen molar-refractivity contribution in [3.63, 3.8) is 0 Å². The third kappa shape index (κ3) is 4.82. The largest absolute Gasteiger partial charge is 0.379 e. The molecule has 8 nitrogen and oxygen atoms in total. The molecular formula is C18H28N4O4. The van der Waals surface area contributed by atoms with Gasteiger partial charge in [0.2, 0.25) is 11.8 Å². The van der Waals surface area contributed by atoms with Crippen LogP contribution < -0.4 is 5.32 Å². The second kappa shape index (κ2) is 8.64. The Kier molecular flexibility index (Phi) is 6.26. The number of aryl methyl sites for hydroxylation is 1. The minimum absolute atomic E-state index is 0.00829. The molecule has 2 atom stereocenters. The topological polar surface area (TPSA) is 87.9 Å². The zero-order valence-electron chi connectivity index (χ0n) is 15.6. The summed E-state index contributed by atoms with van der Waals surface area (Å²) in [6, 6.07) is 1.70. The van der Waals surface area contributed by atoms with Gasteiger partial charge >= 0.3 is 0 Å². The van der Waals surface area contributed by atoms with E-state index in [-0.39, 0.29) is 30.3 Å². The summed E-state index contributed by atoms with van der Waals surface area (Å²) in [4.78, 5) is 29.0. The van der Waals surface area contributed by atoms with E-state index >= 15 is 0 Å². The monoisotopic (exact) mass is 364 g/mol. The first-order chi connectivity index (χ1) is 12.5. The van der Waals surface area contributed by atoms with E-state index in [0.717, 1.165) is 19.4 Å². The Labute approximate surface area is 153 Å². The van der Waals surface area contributed by atoms with Crippen molar-refractivity contribution in [1.29, 1.82) is 0 Å². The zero-order valence-corrected chi connectivity index (χ0v) is 15.6. The van der Waals surface area contributed by atoms with E-state index in [0.29, 0.717) is 44.3 Å². The van der Waals surface area contributed by atoms with Crippen LogP contribution in [0.2, 0.25) is 0 Å². The molecule has 1 N–H and O–H groups in total. The molecule has 144 valence electrons. The van der Waals surface area contributed by atoms with Crippen molar-refractivity contribution in [3.05, 3.63) is 11.8 Å². The van der Waals surface area contributed by atoms with Gasteiger partial charge in [0.1, 0.15) is 5.76 Å². The highest BCUT2D eigenvalue weighted by atomic mass is 16.5. The predicted octanol–water partition coefficient (Wildman–Crippen LogP) is 1.27. The average molecular weight is 364 g/mol. The molecule has 1 aromatic heterocycles. The molecule has 3 rings (SSSR count). The lowest BCUT2D eigenvalue weighted by atomic mass is 10.1. The van der Waals surface area contributed by atoms with Gasteiger partial charge in [-0.25, -0.2) is 0 Å². The van der Waals surface area contributed by atoms with Crippen LogP contribution in [-0.2, 0) is 14.3 Å². The van der Waals surface area contributed by atoms with Crippen LogP contribution in [0.4, 0.5) is 5.82 Å². The molecule has 2 bridgehead atoms. The molecule has 2 saturated heterocycles. The number of ether oxygens (including phenoxy) is 1. The van der Waals surface area contributed by atoms with Gasteiger partial charge in [0.25, 0.3) is 0 Å². The first-order valence-corrected chi connectivity index (χ1v) is 9.38. The fraction of sp³-hybridized carbons (Fsp3) is 0.722. The van der Waals surface area contributed by atoms with Gasteiger partial charge < -0.3 is 19.5 Å². The Morgan fingerprint density at radius 2 is 2.15 bits per heavy atom. The zero-order chi connectivity index (χ0) is 18.5. The summed E-state index contributed by atoms with van der Waals surface area (Å²) in [7, 11) is 0. The van der Waals surface area contributed by atoms with E-state index in [1.807, 2.05) is 4.90 Å². The molecule has 0 saturated carbocycles. The van der Waals surface area contributed by atoms with Crippen LogP contribution in [0.25, 0.3) is 0 Å². The van der Waals surface area contributed by atoms with E-state index in [9.17, 15) is 9.59 Å². The van der Waals surface area contributed by atoms with Crippen LogP contribution in [0.3, 0.4) is 0 Å². The summed E-state index contributed by atoms with van der Waals surface area (Å²) in [5, 5.41) is 6.55. The smallest absolute Gasteiger partial charge is 0.239 e. The summed E-state index contributed by atoms with van der Waals surface area (Å²) in [6.07, 6.45) is 2.51. The summed E-state index contributed by atoms with van der Waals surface area (Å²) >= 11 is 0. The lowest BCUT2D eigenvalue weighted by molar-refractivity contribution is -0.134. The second-order valence-electron chi connectivity index (χ2n) is 7.27. The Morgan fingerprint density at radius 3 is 2.88 bits per heavy atom. The van der Waals surface area contributed by atoms with Gasteiger partial charge in [0, 0.05) is 38.0 Å². The summed E-state index contributed by atoms with van der Waals surface area (Å²) in [5.41, 5.74) is 0. The molecule has 8 heteroatoms. The minimum Gasteiger partial charge on any atom is -0.379 e.